The fourth-order valence-electron chi connectivity index (χ4n) is 1.20. The highest BCUT2D eigenvalue weighted by Gasteiger charge is 2.28. The van der Waals surface area contributed by atoms with Gasteiger partial charge in [-0.25, -0.2) is 0 Å². The molecule has 0 saturated carbocycles. The van der Waals surface area contributed by atoms with Gasteiger partial charge >= 0.3 is 6.18 Å². The van der Waals surface area contributed by atoms with Crippen molar-refractivity contribution in [3.8, 4) is 0 Å². The monoisotopic (exact) mass is 292 g/mol. The maximum absolute atomic E-state index is 12.0. The first-order valence-electron chi connectivity index (χ1n) is 5.14. The fraction of sp³-hybridized carbons (Fsp3) is 0.273. The molecule has 104 valence electrons. The quantitative estimate of drug-likeness (QED) is 0.809. The van der Waals surface area contributed by atoms with Crippen LogP contribution in [0.3, 0.4) is 0 Å². The van der Waals surface area contributed by atoms with Crippen LogP contribution in [-0.2, 0) is 4.79 Å². The van der Waals surface area contributed by atoms with E-state index in [0.29, 0.717) is 4.90 Å². The molecule has 0 atom stereocenters. The highest BCUT2D eigenvalue weighted by atomic mass is 32.2. The summed E-state index contributed by atoms with van der Waals surface area (Å²) in [7, 11) is 0. The molecule has 0 aliphatic carbocycles. The third-order valence-electron chi connectivity index (χ3n) is 1.95. The summed E-state index contributed by atoms with van der Waals surface area (Å²) < 4.78 is 36.0. The van der Waals surface area contributed by atoms with E-state index in [-0.39, 0.29) is 11.3 Å². The average Bonchev–Trinajstić information content (AvgIpc) is 2.33. The van der Waals surface area contributed by atoms with Crippen LogP contribution < -0.4 is 11.1 Å². The van der Waals surface area contributed by atoms with Gasteiger partial charge in [0.1, 0.15) is 6.54 Å². The summed E-state index contributed by atoms with van der Waals surface area (Å²) in [5.74, 6) is -1.47. The zero-order chi connectivity index (χ0) is 14.5. The van der Waals surface area contributed by atoms with E-state index in [4.69, 9.17) is 5.73 Å². The van der Waals surface area contributed by atoms with Crippen molar-refractivity contribution in [2.75, 3.05) is 12.3 Å². The molecular formula is C11H11F3N2O2S. The summed E-state index contributed by atoms with van der Waals surface area (Å²) in [6, 6.07) is 6.06. The number of hydrogen-bond acceptors (Lipinski definition) is 3. The minimum absolute atomic E-state index is 0.0520. The molecule has 0 radical (unpaired) electrons. The normalized spacial score (nSPS) is 11.1. The molecule has 0 heterocycles. The van der Waals surface area contributed by atoms with Crippen LogP contribution in [0.25, 0.3) is 0 Å². The van der Waals surface area contributed by atoms with Crippen molar-refractivity contribution >= 4 is 23.6 Å². The Kier molecular flexibility index (Phi) is 5.22. The molecule has 4 nitrogen and oxygen atoms in total. The number of amides is 2. The lowest BCUT2D eigenvalue weighted by Crippen LogP contribution is -2.34. The van der Waals surface area contributed by atoms with Crippen LogP contribution in [0.5, 0.6) is 0 Å². The summed E-state index contributed by atoms with van der Waals surface area (Å²) in [6.45, 7) is -1.40. The molecule has 1 rings (SSSR count). The zero-order valence-corrected chi connectivity index (χ0v) is 10.5. The van der Waals surface area contributed by atoms with Crippen LogP contribution in [0.4, 0.5) is 13.2 Å². The Morgan fingerprint density at radius 3 is 2.47 bits per heavy atom. The summed E-state index contributed by atoms with van der Waals surface area (Å²) >= 11 is 1.00. The van der Waals surface area contributed by atoms with E-state index in [1.807, 2.05) is 0 Å². The Morgan fingerprint density at radius 1 is 1.26 bits per heavy atom. The lowest BCUT2D eigenvalue weighted by molar-refractivity contribution is -0.123. The molecule has 19 heavy (non-hydrogen) atoms. The zero-order valence-electron chi connectivity index (χ0n) is 9.66. The molecule has 8 heteroatoms. The van der Waals surface area contributed by atoms with Gasteiger partial charge in [0.15, 0.2) is 0 Å². The van der Waals surface area contributed by atoms with E-state index >= 15 is 0 Å². The smallest absolute Gasteiger partial charge is 0.369 e. The minimum atomic E-state index is -4.47. The number of benzene rings is 1. The van der Waals surface area contributed by atoms with Crippen molar-refractivity contribution in [1.29, 1.82) is 0 Å². The Hall–Kier alpha value is -1.70. The molecule has 0 spiro atoms. The Balaban J connectivity index is 2.76. The van der Waals surface area contributed by atoms with Crippen LogP contribution in [0.15, 0.2) is 29.2 Å². The molecule has 2 amide bonds. The van der Waals surface area contributed by atoms with Gasteiger partial charge in [-0.3, -0.25) is 9.59 Å². The number of primary amides is 1. The number of thioether (sulfide) groups is 1. The summed E-state index contributed by atoms with van der Waals surface area (Å²) in [6.07, 6.45) is -4.47. The molecule has 0 unspecified atom stereocenters. The first-order chi connectivity index (χ1) is 8.79. The van der Waals surface area contributed by atoms with E-state index in [2.05, 4.69) is 0 Å². The number of alkyl halides is 3. The first-order valence-corrected chi connectivity index (χ1v) is 6.13. The number of nitrogens with two attached hydrogens (primary N) is 1. The van der Waals surface area contributed by atoms with E-state index in [1.165, 1.54) is 18.2 Å². The SMILES string of the molecule is NC(=O)CSc1ccccc1C(=O)NCC(F)(F)F. The van der Waals surface area contributed by atoms with Gasteiger partial charge < -0.3 is 11.1 Å². The van der Waals surface area contributed by atoms with Crippen molar-refractivity contribution in [2.24, 2.45) is 5.73 Å². The van der Waals surface area contributed by atoms with Crippen molar-refractivity contribution in [2.45, 2.75) is 11.1 Å². The second-order valence-electron chi connectivity index (χ2n) is 3.55. The Bertz CT molecular complexity index is 477. The third-order valence-corrected chi connectivity index (χ3v) is 3.05. The lowest BCUT2D eigenvalue weighted by Gasteiger charge is -2.10. The molecule has 0 bridgehead atoms. The standard InChI is InChI=1S/C11H11F3N2O2S/c12-11(13,14)6-16-10(18)7-3-1-2-4-8(7)19-5-9(15)17/h1-4H,5-6H2,(H2,15,17)(H,16,18). The fourth-order valence-corrected chi connectivity index (χ4v) is 1.99. The van der Waals surface area contributed by atoms with E-state index < -0.39 is 24.5 Å². The number of hydrogen-bond donors (Lipinski definition) is 2. The Labute approximate surface area is 111 Å². The molecule has 0 aromatic heterocycles. The van der Waals surface area contributed by atoms with Gasteiger partial charge in [-0.15, -0.1) is 11.8 Å². The molecular weight excluding hydrogens is 281 g/mol. The Morgan fingerprint density at radius 2 is 1.89 bits per heavy atom. The van der Waals surface area contributed by atoms with Crippen molar-refractivity contribution in [1.82, 2.24) is 5.32 Å². The van der Waals surface area contributed by atoms with Crippen LogP contribution in [-0.4, -0.2) is 30.3 Å². The van der Waals surface area contributed by atoms with Crippen molar-refractivity contribution < 1.29 is 22.8 Å². The van der Waals surface area contributed by atoms with Crippen LogP contribution in [0, 0.1) is 0 Å². The highest BCUT2D eigenvalue weighted by Crippen LogP contribution is 2.22. The van der Waals surface area contributed by atoms with Gasteiger partial charge in [-0.1, -0.05) is 12.1 Å². The van der Waals surface area contributed by atoms with Crippen LogP contribution in [0.1, 0.15) is 10.4 Å². The van der Waals surface area contributed by atoms with E-state index in [0.717, 1.165) is 11.8 Å². The molecule has 0 fully saturated rings. The second-order valence-corrected chi connectivity index (χ2v) is 4.57. The van der Waals surface area contributed by atoms with Crippen LogP contribution in [0.2, 0.25) is 0 Å². The number of carbonyl (C=O) groups is 2. The van der Waals surface area contributed by atoms with Gasteiger partial charge in [0.2, 0.25) is 5.91 Å². The van der Waals surface area contributed by atoms with Crippen molar-refractivity contribution in [3.05, 3.63) is 29.8 Å². The number of halogens is 3. The predicted octanol–water partition coefficient (Wildman–Crippen LogP) is 1.56. The van der Waals surface area contributed by atoms with Crippen molar-refractivity contribution in [3.63, 3.8) is 0 Å². The summed E-state index contributed by atoms with van der Waals surface area (Å²) in [4.78, 5) is 22.7. The van der Waals surface area contributed by atoms with Gasteiger partial charge in [-0.05, 0) is 12.1 Å². The molecule has 0 aliphatic heterocycles. The lowest BCUT2D eigenvalue weighted by atomic mass is 10.2. The van der Waals surface area contributed by atoms with Crippen LogP contribution >= 0.6 is 11.8 Å². The molecule has 0 aliphatic rings. The maximum Gasteiger partial charge on any atom is 0.405 e. The molecule has 3 N–H and O–H groups in total. The maximum atomic E-state index is 12.0. The molecule has 0 saturated heterocycles. The predicted molar refractivity (Wildman–Crippen MR) is 64.7 cm³/mol. The number of nitrogens with one attached hydrogen (secondary N) is 1. The van der Waals surface area contributed by atoms with E-state index in [9.17, 15) is 22.8 Å². The number of rotatable bonds is 5. The van der Waals surface area contributed by atoms with Gasteiger partial charge in [0.05, 0.1) is 11.3 Å². The van der Waals surface area contributed by atoms with Gasteiger partial charge in [0.25, 0.3) is 5.91 Å². The topological polar surface area (TPSA) is 72.2 Å². The minimum Gasteiger partial charge on any atom is -0.369 e. The van der Waals surface area contributed by atoms with Gasteiger partial charge in [0, 0.05) is 4.90 Å². The molecule has 1 aromatic carbocycles. The summed E-state index contributed by atoms with van der Waals surface area (Å²) in [5, 5.41) is 1.77. The van der Waals surface area contributed by atoms with Gasteiger partial charge in [-0.2, -0.15) is 13.2 Å². The molecule has 1 aromatic rings. The number of carbonyl (C=O) groups excluding carboxylic acids is 2. The summed E-state index contributed by atoms with van der Waals surface area (Å²) in [5.41, 5.74) is 5.05. The highest BCUT2D eigenvalue weighted by molar-refractivity contribution is 8.00. The van der Waals surface area contributed by atoms with E-state index in [1.54, 1.807) is 11.4 Å². The third kappa shape index (κ3) is 5.64. The largest absolute Gasteiger partial charge is 0.405 e. The average molecular weight is 292 g/mol. The first kappa shape index (κ1) is 15.4. The second kappa shape index (κ2) is 6.46.